The minimum absolute atomic E-state index is 0. The molecule has 1 aliphatic carbocycles. The van der Waals surface area contributed by atoms with Crippen LogP contribution in [0.15, 0.2) is 102 Å². The molecule has 1 aliphatic rings. The van der Waals surface area contributed by atoms with E-state index in [9.17, 15) is 0 Å². The second kappa shape index (κ2) is 14.2. The molecule has 6 rings (SSSR count). The van der Waals surface area contributed by atoms with Gasteiger partial charge in [0.25, 0.3) is 0 Å². The quantitative estimate of drug-likeness (QED) is 0.118. The topological polar surface area (TPSA) is 18.5 Å². The van der Waals surface area contributed by atoms with Crippen molar-refractivity contribution in [1.29, 1.82) is 0 Å². The van der Waals surface area contributed by atoms with E-state index in [2.05, 4.69) is 85.8 Å². The van der Waals surface area contributed by atoms with Crippen molar-refractivity contribution >= 4 is 31.6 Å². The van der Waals surface area contributed by atoms with Gasteiger partial charge in [-0.05, 0) is 58.0 Å². The van der Waals surface area contributed by atoms with E-state index in [4.69, 9.17) is 9.47 Å². The van der Waals surface area contributed by atoms with Gasteiger partial charge < -0.3 is 31.3 Å². The zero-order valence-corrected chi connectivity index (χ0v) is 28.9. The smallest absolute Gasteiger partial charge is 0.497 e. The summed E-state index contributed by atoms with van der Waals surface area (Å²) in [6.45, 7) is 4.21. The Kier molecular flexibility index (Phi) is 11.2. The van der Waals surface area contributed by atoms with Crippen LogP contribution in [0, 0.1) is 21.8 Å². The monoisotopic (exact) mass is 720 g/mol. The fourth-order valence-electron chi connectivity index (χ4n) is 5.63. The molecule has 0 aromatic heterocycles. The van der Waals surface area contributed by atoms with Crippen LogP contribution in [0.5, 0.6) is 11.5 Å². The Hall–Kier alpha value is -3.08. The molecule has 41 heavy (non-hydrogen) atoms. The van der Waals surface area contributed by atoms with Crippen molar-refractivity contribution in [3.63, 3.8) is 0 Å². The summed E-state index contributed by atoms with van der Waals surface area (Å²) in [5, 5.41) is 5.50. The SMILES string of the molecule is [CH2-]CCC1C([Si]c2cc3c(-c4ccc(OC)cc4)cccc3[cH-]2)=Cc2c(-c3ccc(OC)cc3)cccc21.[CH3-].[CH3-].[Hf+4]. The van der Waals surface area contributed by atoms with Crippen LogP contribution < -0.4 is 14.7 Å². The molecule has 0 fully saturated rings. The second-order valence-corrected chi connectivity index (χ2v) is 11.1. The van der Waals surface area contributed by atoms with E-state index in [1.165, 1.54) is 54.5 Å². The average Bonchev–Trinajstić information content (AvgIpc) is 3.54. The van der Waals surface area contributed by atoms with E-state index in [1.807, 2.05) is 24.3 Å². The number of benzene rings is 4. The van der Waals surface area contributed by atoms with Crippen molar-refractivity contribution in [3.8, 4) is 33.8 Å². The van der Waals surface area contributed by atoms with Crippen LogP contribution in [0.2, 0.25) is 0 Å². The van der Waals surface area contributed by atoms with Crippen LogP contribution in [0.1, 0.15) is 29.9 Å². The molecule has 0 aliphatic heterocycles. The first-order chi connectivity index (χ1) is 18.7. The Morgan fingerprint density at radius 3 is 1.98 bits per heavy atom. The predicted octanol–water partition coefficient (Wildman–Crippen LogP) is 8.89. The van der Waals surface area contributed by atoms with E-state index < -0.39 is 0 Å². The molecule has 0 bridgehead atoms. The van der Waals surface area contributed by atoms with Crippen molar-refractivity contribution in [2.75, 3.05) is 14.2 Å². The summed E-state index contributed by atoms with van der Waals surface area (Å²) in [6.07, 6.45) is 4.44. The number of allylic oxidation sites excluding steroid dienone is 1. The molecule has 0 saturated carbocycles. The molecule has 0 heterocycles. The minimum atomic E-state index is 0. The number of rotatable bonds is 8. The third-order valence-electron chi connectivity index (χ3n) is 7.52. The fraction of sp³-hybridized carbons (Fsp3) is 0.135. The number of methoxy groups -OCH3 is 2. The number of hydrogen-bond donors (Lipinski definition) is 0. The number of ether oxygens (including phenoxy) is 2. The molecule has 0 amide bonds. The van der Waals surface area contributed by atoms with Gasteiger partial charge in [-0.3, -0.25) is 0 Å². The molecule has 1 unspecified atom stereocenters. The van der Waals surface area contributed by atoms with Gasteiger partial charge in [-0.25, -0.2) is 0 Å². The summed E-state index contributed by atoms with van der Waals surface area (Å²) in [7, 11) is 4.04. The minimum Gasteiger partial charge on any atom is -0.497 e. The Morgan fingerprint density at radius 2 is 1.37 bits per heavy atom. The third-order valence-corrected chi connectivity index (χ3v) is 8.88. The fourth-order valence-corrected chi connectivity index (χ4v) is 7.10. The van der Waals surface area contributed by atoms with Crippen LogP contribution in [-0.4, -0.2) is 23.7 Å². The zero-order chi connectivity index (χ0) is 26.1. The van der Waals surface area contributed by atoms with E-state index in [0.29, 0.717) is 15.4 Å². The summed E-state index contributed by atoms with van der Waals surface area (Å²) in [5.74, 6) is 2.17. The molecule has 0 spiro atoms. The Bertz CT molecular complexity index is 1610. The van der Waals surface area contributed by atoms with Gasteiger partial charge >= 0.3 is 25.8 Å². The van der Waals surface area contributed by atoms with Crippen LogP contribution in [0.3, 0.4) is 0 Å². The van der Waals surface area contributed by atoms with Gasteiger partial charge in [-0.1, -0.05) is 71.8 Å². The van der Waals surface area contributed by atoms with Crippen molar-refractivity contribution in [2.24, 2.45) is 0 Å². The molecule has 5 aromatic carbocycles. The Balaban J connectivity index is 0.00000154. The Morgan fingerprint density at radius 1 is 0.780 bits per heavy atom. The molecule has 204 valence electrons. The van der Waals surface area contributed by atoms with Crippen molar-refractivity contribution in [1.82, 2.24) is 0 Å². The molecule has 2 radical (unpaired) electrons. The van der Waals surface area contributed by atoms with Crippen LogP contribution in [-0.2, 0) is 25.8 Å². The van der Waals surface area contributed by atoms with E-state index in [1.54, 1.807) is 14.2 Å². The van der Waals surface area contributed by atoms with Gasteiger partial charge in [0.05, 0.1) is 23.7 Å². The third kappa shape index (κ3) is 6.39. The number of hydrogen-bond acceptors (Lipinski definition) is 2. The van der Waals surface area contributed by atoms with Crippen molar-refractivity contribution in [2.45, 2.75) is 18.8 Å². The van der Waals surface area contributed by atoms with Crippen molar-refractivity contribution in [3.05, 3.63) is 135 Å². The van der Waals surface area contributed by atoms with Crippen LogP contribution >= 0.6 is 0 Å². The predicted molar refractivity (Wildman–Crippen MR) is 173 cm³/mol. The summed E-state index contributed by atoms with van der Waals surface area (Å²) < 4.78 is 10.7. The van der Waals surface area contributed by atoms with Crippen LogP contribution in [0.25, 0.3) is 39.1 Å². The molecular formula is C37H36HfO2Si. The number of fused-ring (bicyclic) bond motifs is 2. The molecule has 1 atom stereocenters. The summed E-state index contributed by atoms with van der Waals surface area (Å²) in [4.78, 5) is 0. The standard InChI is InChI=1S/C35H30O2Si.2CH3.Hf/c1-4-7-32-31-11-6-10-30(24-14-18-27(37-3)19-15-24)34(31)22-35(32)38-28-20-25-8-5-9-29(33(25)21-28)23-12-16-26(36-2)17-13-23;;;/h5-6,8-22,32H,1,4,7H2,2-3H3;2*1H3;/q-2;2*-1;+4. The molecular weight excluding hydrogens is 683 g/mol. The largest absolute Gasteiger partial charge is 4.00 e. The molecule has 2 nitrogen and oxygen atoms in total. The van der Waals surface area contributed by atoms with E-state index in [-0.39, 0.29) is 40.7 Å². The molecule has 4 heteroatoms. The first-order valence-corrected chi connectivity index (χ1v) is 14.1. The van der Waals surface area contributed by atoms with Gasteiger partial charge in [0.2, 0.25) is 0 Å². The van der Waals surface area contributed by atoms with E-state index >= 15 is 0 Å². The van der Waals surface area contributed by atoms with Gasteiger partial charge in [-0.2, -0.15) is 12.5 Å². The van der Waals surface area contributed by atoms with Gasteiger partial charge in [0, 0.05) is 0 Å². The first-order valence-electron chi connectivity index (χ1n) is 13.1. The maximum Gasteiger partial charge on any atom is 4.00 e. The van der Waals surface area contributed by atoms with Crippen molar-refractivity contribution < 1.29 is 35.3 Å². The van der Waals surface area contributed by atoms with Gasteiger partial charge in [0.1, 0.15) is 11.5 Å². The molecule has 5 aromatic rings. The zero-order valence-electron chi connectivity index (χ0n) is 24.3. The first kappa shape index (κ1) is 32.4. The van der Waals surface area contributed by atoms with E-state index in [0.717, 1.165) is 24.3 Å². The summed E-state index contributed by atoms with van der Waals surface area (Å²) in [6, 6.07) is 34.9. The maximum atomic E-state index is 5.38. The van der Waals surface area contributed by atoms with Gasteiger partial charge in [0.15, 0.2) is 0 Å². The summed E-state index contributed by atoms with van der Waals surface area (Å²) in [5.41, 5.74) is 7.77. The Labute approximate surface area is 267 Å². The maximum absolute atomic E-state index is 5.38. The van der Waals surface area contributed by atoms with Gasteiger partial charge in [-0.15, -0.1) is 34.2 Å². The molecule has 0 saturated heterocycles. The average molecular weight is 719 g/mol. The summed E-state index contributed by atoms with van der Waals surface area (Å²) >= 11 is 0. The molecule has 0 N–H and O–H groups in total. The van der Waals surface area contributed by atoms with Crippen LogP contribution in [0.4, 0.5) is 0 Å². The normalized spacial score (nSPS) is 13.3. The second-order valence-electron chi connectivity index (χ2n) is 9.74.